The van der Waals surface area contributed by atoms with Crippen molar-refractivity contribution in [3.05, 3.63) is 42.0 Å². The number of carbonyl (C=O) groups is 1. The average Bonchev–Trinajstić information content (AvgIpc) is 2.91. The molecule has 0 saturated carbocycles. The second kappa shape index (κ2) is 6.14. The first-order chi connectivity index (χ1) is 10.3. The summed E-state index contributed by atoms with van der Waals surface area (Å²) in [5.74, 6) is 0.496. The number of esters is 1. The van der Waals surface area contributed by atoms with Crippen molar-refractivity contribution < 1.29 is 14.3 Å². The number of rotatable bonds is 5. The van der Waals surface area contributed by atoms with Crippen LogP contribution in [0.1, 0.15) is 18.9 Å². The fourth-order valence-corrected chi connectivity index (χ4v) is 2.60. The Morgan fingerprint density at radius 1 is 1.29 bits per heavy atom. The Kier molecular flexibility index (Phi) is 4.06. The summed E-state index contributed by atoms with van der Waals surface area (Å²) < 4.78 is 10.9. The van der Waals surface area contributed by atoms with E-state index < -0.39 is 6.10 Å². The zero-order valence-corrected chi connectivity index (χ0v) is 12.1. The van der Waals surface area contributed by atoms with Crippen LogP contribution in [0, 0.1) is 0 Å². The maximum absolute atomic E-state index is 11.6. The first-order valence-electron chi connectivity index (χ1n) is 7.34. The monoisotopic (exact) mass is 285 g/mol. The highest BCUT2D eigenvalue weighted by Gasteiger charge is 2.29. The third kappa shape index (κ3) is 2.85. The maximum atomic E-state index is 11.6. The lowest BCUT2D eigenvalue weighted by Crippen LogP contribution is -2.23. The number of carbonyl (C=O) groups excluding carboxylic acids is 1. The van der Waals surface area contributed by atoms with Gasteiger partial charge in [-0.3, -0.25) is 0 Å². The van der Waals surface area contributed by atoms with Gasteiger partial charge in [-0.15, -0.1) is 0 Å². The first kappa shape index (κ1) is 13.9. The van der Waals surface area contributed by atoms with Crippen LogP contribution >= 0.6 is 0 Å². The number of nitrogens with one attached hydrogen (secondary N) is 1. The molecule has 0 bridgehead atoms. The number of fused-ring (bicyclic) bond motifs is 1. The van der Waals surface area contributed by atoms with E-state index in [-0.39, 0.29) is 5.97 Å². The fourth-order valence-electron chi connectivity index (χ4n) is 2.60. The fraction of sp³-hybridized carbons (Fsp3) is 0.353. The molecule has 1 unspecified atom stereocenters. The van der Waals surface area contributed by atoms with Gasteiger partial charge in [0, 0.05) is 18.5 Å². The summed E-state index contributed by atoms with van der Waals surface area (Å²) in [6.45, 7) is 4.11. The van der Waals surface area contributed by atoms with Gasteiger partial charge in [0.25, 0.3) is 0 Å². The SMILES string of the molecule is CCNCc1c(OC2CCOC2=O)ccc2ccccc12. The second-order valence-electron chi connectivity index (χ2n) is 5.11. The summed E-state index contributed by atoms with van der Waals surface area (Å²) in [5.41, 5.74) is 1.09. The highest BCUT2D eigenvalue weighted by molar-refractivity contribution is 5.88. The Morgan fingerprint density at radius 2 is 2.14 bits per heavy atom. The summed E-state index contributed by atoms with van der Waals surface area (Å²) in [7, 11) is 0. The van der Waals surface area contributed by atoms with Crippen LogP contribution in [0.3, 0.4) is 0 Å². The predicted octanol–water partition coefficient (Wildman–Crippen LogP) is 2.64. The average molecular weight is 285 g/mol. The molecule has 0 radical (unpaired) electrons. The second-order valence-corrected chi connectivity index (χ2v) is 5.11. The normalized spacial score (nSPS) is 18.0. The molecule has 1 atom stereocenters. The van der Waals surface area contributed by atoms with Gasteiger partial charge in [-0.2, -0.15) is 0 Å². The van der Waals surface area contributed by atoms with Crippen LogP contribution in [-0.4, -0.2) is 25.2 Å². The van der Waals surface area contributed by atoms with Gasteiger partial charge in [-0.1, -0.05) is 37.3 Å². The van der Waals surface area contributed by atoms with Crippen molar-refractivity contribution in [1.82, 2.24) is 5.32 Å². The van der Waals surface area contributed by atoms with Gasteiger partial charge < -0.3 is 14.8 Å². The molecule has 1 saturated heterocycles. The number of hydrogen-bond donors (Lipinski definition) is 1. The Labute approximate surface area is 124 Å². The van der Waals surface area contributed by atoms with Crippen molar-refractivity contribution in [3.63, 3.8) is 0 Å². The molecule has 3 rings (SSSR count). The maximum Gasteiger partial charge on any atom is 0.347 e. The van der Waals surface area contributed by atoms with Crippen molar-refractivity contribution in [3.8, 4) is 5.75 Å². The third-order valence-electron chi connectivity index (χ3n) is 3.71. The molecule has 1 aliphatic heterocycles. The van der Waals surface area contributed by atoms with Crippen LogP contribution in [0.4, 0.5) is 0 Å². The van der Waals surface area contributed by atoms with E-state index in [0.717, 1.165) is 29.8 Å². The summed E-state index contributed by atoms with van der Waals surface area (Å²) >= 11 is 0. The molecule has 4 heteroatoms. The van der Waals surface area contributed by atoms with Gasteiger partial charge in [-0.25, -0.2) is 4.79 Å². The summed E-state index contributed by atoms with van der Waals surface area (Å²) in [5, 5.41) is 5.66. The number of cyclic esters (lactones) is 1. The summed E-state index contributed by atoms with van der Waals surface area (Å²) in [6.07, 6.45) is 0.137. The van der Waals surface area contributed by atoms with Crippen LogP contribution in [0.5, 0.6) is 5.75 Å². The molecular weight excluding hydrogens is 266 g/mol. The van der Waals surface area contributed by atoms with E-state index in [1.165, 1.54) is 5.39 Å². The van der Waals surface area contributed by atoms with Crippen LogP contribution in [0.2, 0.25) is 0 Å². The lowest BCUT2D eigenvalue weighted by atomic mass is 10.0. The Balaban J connectivity index is 1.97. The molecule has 2 aromatic rings. The standard InChI is InChI=1S/C17H19NO3/c1-2-18-11-14-13-6-4-3-5-12(13)7-8-15(14)21-16-9-10-20-17(16)19/h3-8,16,18H,2,9-11H2,1H3. The highest BCUT2D eigenvalue weighted by atomic mass is 16.6. The van der Waals surface area contributed by atoms with Crippen LogP contribution in [0.15, 0.2) is 36.4 Å². The molecular formula is C17H19NO3. The van der Waals surface area contributed by atoms with Gasteiger partial charge in [0.05, 0.1) is 6.61 Å². The van der Waals surface area contributed by atoms with Gasteiger partial charge >= 0.3 is 5.97 Å². The molecule has 21 heavy (non-hydrogen) atoms. The van der Waals surface area contributed by atoms with E-state index in [4.69, 9.17) is 9.47 Å². The number of hydrogen-bond acceptors (Lipinski definition) is 4. The predicted molar refractivity (Wildman–Crippen MR) is 81.3 cm³/mol. The smallest absolute Gasteiger partial charge is 0.347 e. The molecule has 1 aliphatic rings. The van der Waals surface area contributed by atoms with Crippen molar-refractivity contribution >= 4 is 16.7 Å². The number of benzene rings is 2. The first-order valence-corrected chi connectivity index (χ1v) is 7.34. The molecule has 4 nitrogen and oxygen atoms in total. The molecule has 0 aliphatic carbocycles. The van der Waals surface area contributed by atoms with Crippen molar-refractivity contribution in [2.75, 3.05) is 13.2 Å². The summed E-state index contributed by atoms with van der Waals surface area (Å²) in [6, 6.07) is 12.2. The zero-order chi connectivity index (χ0) is 14.7. The van der Waals surface area contributed by atoms with E-state index in [1.54, 1.807) is 0 Å². The van der Waals surface area contributed by atoms with E-state index in [2.05, 4.69) is 24.4 Å². The van der Waals surface area contributed by atoms with Crippen molar-refractivity contribution in [2.45, 2.75) is 26.0 Å². The van der Waals surface area contributed by atoms with E-state index >= 15 is 0 Å². The largest absolute Gasteiger partial charge is 0.478 e. The van der Waals surface area contributed by atoms with Crippen molar-refractivity contribution in [1.29, 1.82) is 0 Å². The topological polar surface area (TPSA) is 47.6 Å². The highest BCUT2D eigenvalue weighted by Crippen LogP contribution is 2.30. The van der Waals surface area contributed by atoms with Crippen LogP contribution in [-0.2, 0) is 16.1 Å². The van der Waals surface area contributed by atoms with Gasteiger partial charge in [-0.05, 0) is 23.4 Å². The molecule has 1 fully saturated rings. The zero-order valence-electron chi connectivity index (χ0n) is 12.1. The van der Waals surface area contributed by atoms with Crippen molar-refractivity contribution in [2.24, 2.45) is 0 Å². The number of ether oxygens (including phenoxy) is 2. The van der Waals surface area contributed by atoms with E-state index in [9.17, 15) is 4.79 Å². The molecule has 1 heterocycles. The third-order valence-corrected chi connectivity index (χ3v) is 3.71. The van der Waals surface area contributed by atoms with E-state index in [0.29, 0.717) is 13.0 Å². The molecule has 2 aromatic carbocycles. The Bertz CT molecular complexity index is 654. The lowest BCUT2D eigenvalue weighted by Gasteiger charge is -2.16. The minimum Gasteiger partial charge on any atom is -0.478 e. The van der Waals surface area contributed by atoms with Crippen LogP contribution in [0.25, 0.3) is 10.8 Å². The van der Waals surface area contributed by atoms with Gasteiger partial charge in [0.1, 0.15) is 5.75 Å². The Morgan fingerprint density at radius 3 is 2.90 bits per heavy atom. The molecule has 0 spiro atoms. The van der Waals surface area contributed by atoms with Gasteiger partial charge in [0.2, 0.25) is 0 Å². The van der Waals surface area contributed by atoms with E-state index in [1.807, 2.05) is 24.3 Å². The van der Waals surface area contributed by atoms with Gasteiger partial charge in [0.15, 0.2) is 6.10 Å². The van der Waals surface area contributed by atoms with Crippen LogP contribution < -0.4 is 10.1 Å². The molecule has 110 valence electrons. The lowest BCUT2D eigenvalue weighted by molar-refractivity contribution is -0.143. The summed E-state index contributed by atoms with van der Waals surface area (Å²) in [4.78, 5) is 11.6. The molecule has 0 aromatic heterocycles. The molecule has 1 N–H and O–H groups in total. The minimum atomic E-state index is -0.480. The molecule has 0 amide bonds. The Hall–Kier alpha value is -2.07. The minimum absolute atomic E-state index is 0.266. The quantitative estimate of drug-likeness (QED) is 0.858.